The zero-order valence-corrected chi connectivity index (χ0v) is 6.25. The highest BCUT2D eigenvalue weighted by Gasteiger charge is 2.28. The van der Waals surface area contributed by atoms with Crippen molar-refractivity contribution in [3.05, 3.63) is 0 Å². The second-order valence-electron chi connectivity index (χ2n) is 3.17. The first kappa shape index (κ1) is 6.62. The predicted molar refractivity (Wildman–Crippen MR) is 39.0 cm³/mol. The van der Waals surface area contributed by atoms with Crippen LogP contribution in [0.5, 0.6) is 0 Å². The smallest absolute Gasteiger partial charge is 0.0745 e. The molecule has 0 saturated carbocycles. The minimum absolute atomic E-state index is 0.488. The van der Waals surface area contributed by atoms with Gasteiger partial charge in [0.2, 0.25) is 0 Å². The number of nitrogens with zero attached hydrogens (tertiary/aromatic N) is 1. The van der Waals surface area contributed by atoms with Crippen molar-refractivity contribution in [1.29, 1.82) is 0 Å². The topological polar surface area (TPSA) is 23.3 Å². The van der Waals surface area contributed by atoms with E-state index in [0.717, 1.165) is 13.2 Å². The first-order chi connectivity index (χ1) is 4.97. The lowest BCUT2D eigenvalue weighted by Gasteiger charge is -2.15. The third-order valence-corrected chi connectivity index (χ3v) is 2.42. The summed E-state index contributed by atoms with van der Waals surface area (Å²) in [6, 6.07) is 0.558. The molecule has 2 heterocycles. The van der Waals surface area contributed by atoms with E-state index in [0.29, 0.717) is 12.1 Å². The Balaban J connectivity index is 1.85. The number of rotatable bonds is 1. The van der Waals surface area contributed by atoms with Gasteiger partial charge in [-0.3, -0.25) is 0 Å². The minimum atomic E-state index is 0.488. The summed E-state index contributed by atoms with van der Waals surface area (Å²) >= 11 is 0. The third kappa shape index (κ3) is 1.18. The Morgan fingerprint density at radius 2 is 2.20 bits per heavy atom. The monoisotopic (exact) mass is 140 g/mol. The van der Waals surface area contributed by atoms with E-state index >= 15 is 0 Å². The van der Waals surface area contributed by atoms with E-state index in [1.807, 2.05) is 0 Å². The molecule has 0 aromatic heterocycles. The van der Waals surface area contributed by atoms with Crippen LogP contribution >= 0.6 is 0 Å². The van der Waals surface area contributed by atoms with Crippen LogP contribution in [0.4, 0.5) is 0 Å². The van der Waals surface area contributed by atoms with Crippen LogP contribution in [0, 0.1) is 0 Å². The maximum absolute atomic E-state index is 5.54. The highest BCUT2D eigenvalue weighted by atomic mass is 16.5. The largest absolute Gasteiger partial charge is 0.377 e. The molecule has 0 aromatic carbocycles. The van der Waals surface area contributed by atoms with E-state index in [4.69, 9.17) is 4.74 Å². The van der Waals surface area contributed by atoms with Gasteiger partial charge in [-0.05, 0) is 25.7 Å². The Morgan fingerprint density at radius 3 is 2.80 bits per heavy atom. The molecule has 2 aliphatic rings. The van der Waals surface area contributed by atoms with Crippen LogP contribution in [0.1, 0.15) is 25.7 Å². The second-order valence-corrected chi connectivity index (χ2v) is 3.17. The summed E-state index contributed by atoms with van der Waals surface area (Å²) in [5.41, 5.74) is 0. The highest BCUT2D eigenvalue weighted by molar-refractivity contribution is 4.84. The van der Waals surface area contributed by atoms with E-state index in [1.165, 1.54) is 25.7 Å². The summed E-state index contributed by atoms with van der Waals surface area (Å²) in [5.74, 6) is 0. The van der Waals surface area contributed by atoms with Crippen LogP contribution in [0.25, 0.3) is 0 Å². The molecule has 2 heteroatoms. The molecular formula is C8H14NO. The van der Waals surface area contributed by atoms with Crippen LogP contribution in [0.3, 0.4) is 0 Å². The number of hydrogen-bond acceptors (Lipinski definition) is 1. The van der Waals surface area contributed by atoms with E-state index in [-0.39, 0.29) is 0 Å². The summed E-state index contributed by atoms with van der Waals surface area (Å²) in [4.78, 5) is 0. The van der Waals surface area contributed by atoms with Gasteiger partial charge in [-0.1, -0.05) is 0 Å². The van der Waals surface area contributed by atoms with E-state index in [2.05, 4.69) is 5.32 Å². The lowest BCUT2D eigenvalue weighted by molar-refractivity contribution is 0.0834. The highest BCUT2D eigenvalue weighted by Crippen LogP contribution is 2.21. The van der Waals surface area contributed by atoms with Crippen molar-refractivity contribution in [1.82, 2.24) is 5.32 Å². The van der Waals surface area contributed by atoms with Gasteiger partial charge >= 0.3 is 0 Å². The molecule has 2 rings (SSSR count). The zero-order valence-electron chi connectivity index (χ0n) is 6.25. The molecule has 2 fully saturated rings. The van der Waals surface area contributed by atoms with Gasteiger partial charge in [0.05, 0.1) is 12.1 Å². The number of ether oxygens (including phenoxy) is 1. The molecule has 2 atom stereocenters. The van der Waals surface area contributed by atoms with Crippen LogP contribution in [0.15, 0.2) is 0 Å². The van der Waals surface area contributed by atoms with Crippen molar-refractivity contribution >= 4 is 0 Å². The van der Waals surface area contributed by atoms with Crippen molar-refractivity contribution in [2.75, 3.05) is 13.2 Å². The van der Waals surface area contributed by atoms with Crippen molar-refractivity contribution in [2.24, 2.45) is 0 Å². The zero-order chi connectivity index (χ0) is 6.81. The maximum Gasteiger partial charge on any atom is 0.0745 e. The van der Waals surface area contributed by atoms with Crippen molar-refractivity contribution in [3.63, 3.8) is 0 Å². The molecule has 0 spiro atoms. The fourth-order valence-electron chi connectivity index (χ4n) is 1.86. The van der Waals surface area contributed by atoms with Gasteiger partial charge in [0.15, 0.2) is 0 Å². The fraction of sp³-hybridized carbons (Fsp3) is 1.00. The fourth-order valence-corrected chi connectivity index (χ4v) is 1.86. The van der Waals surface area contributed by atoms with Crippen molar-refractivity contribution in [2.45, 2.75) is 37.8 Å². The van der Waals surface area contributed by atoms with E-state index in [9.17, 15) is 0 Å². The first-order valence-corrected chi connectivity index (χ1v) is 4.25. The van der Waals surface area contributed by atoms with Gasteiger partial charge in [-0.2, -0.15) is 0 Å². The molecule has 0 amide bonds. The molecular weight excluding hydrogens is 126 g/mol. The summed E-state index contributed by atoms with van der Waals surface area (Å²) in [5, 5.41) is 4.49. The van der Waals surface area contributed by atoms with E-state index in [1.54, 1.807) is 0 Å². The normalized spacial score (nSPS) is 40.8. The first-order valence-electron chi connectivity index (χ1n) is 4.25. The molecule has 1 radical (unpaired) electrons. The van der Waals surface area contributed by atoms with Crippen LogP contribution in [-0.4, -0.2) is 25.3 Å². The molecule has 2 nitrogen and oxygen atoms in total. The van der Waals surface area contributed by atoms with Gasteiger partial charge in [-0.15, -0.1) is 0 Å². The second kappa shape index (κ2) is 2.89. The lowest BCUT2D eigenvalue weighted by Crippen LogP contribution is -2.29. The summed E-state index contributed by atoms with van der Waals surface area (Å²) < 4.78 is 5.54. The Hall–Kier alpha value is -0.0800. The van der Waals surface area contributed by atoms with Gasteiger partial charge in [0.25, 0.3) is 0 Å². The summed E-state index contributed by atoms with van der Waals surface area (Å²) in [7, 11) is 0. The Morgan fingerprint density at radius 1 is 1.20 bits per heavy atom. The molecule has 0 aromatic rings. The van der Waals surface area contributed by atoms with E-state index < -0.39 is 0 Å². The Bertz CT molecular complexity index is 89.8. The minimum Gasteiger partial charge on any atom is -0.377 e. The van der Waals surface area contributed by atoms with Gasteiger partial charge in [-0.25, -0.2) is 5.32 Å². The molecule has 0 aliphatic carbocycles. The average molecular weight is 140 g/mol. The molecule has 57 valence electrons. The van der Waals surface area contributed by atoms with Crippen molar-refractivity contribution < 1.29 is 4.74 Å². The maximum atomic E-state index is 5.54. The van der Waals surface area contributed by atoms with Crippen molar-refractivity contribution in [3.8, 4) is 0 Å². The summed E-state index contributed by atoms with van der Waals surface area (Å²) in [6.45, 7) is 2.04. The van der Waals surface area contributed by atoms with Crippen LogP contribution in [0.2, 0.25) is 0 Å². The van der Waals surface area contributed by atoms with Gasteiger partial charge in [0, 0.05) is 13.2 Å². The van der Waals surface area contributed by atoms with Crippen LogP contribution in [-0.2, 0) is 4.74 Å². The number of hydrogen-bond donors (Lipinski definition) is 0. The Labute approximate surface area is 61.9 Å². The molecule has 10 heavy (non-hydrogen) atoms. The quantitative estimate of drug-likeness (QED) is 0.531. The van der Waals surface area contributed by atoms with Crippen LogP contribution < -0.4 is 5.32 Å². The molecule has 0 N–H and O–H groups in total. The average Bonchev–Trinajstić information content (AvgIpc) is 2.59. The molecule has 2 unspecified atom stereocenters. The lowest BCUT2D eigenvalue weighted by atomic mass is 10.1. The summed E-state index contributed by atoms with van der Waals surface area (Å²) in [6.07, 6.45) is 5.53. The third-order valence-electron chi connectivity index (χ3n) is 2.42. The molecule has 2 aliphatic heterocycles. The SMILES string of the molecule is C1C[N]C(C2CCCO2)C1. The standard InChI is InChI=1S/C8H14NO/c1-3-7(9-5-1)8-4-2-6-10-8/h7-8H,1-6H2. The molecule has 2 saturated heterocycles. The molecule has 0 bridgehead atoms. The van der Waals surface area contributed by atoms with Gasteiger partial charge in [0.1, 0.15) is 0 Å². The van der Waals surface area contributed by atoms with Gasteiger partial charge < -0.3 is 4.74 Å². The predicted octanol–water partition coefficient (Wildman–Crippen LogP) is 0.932. The Kier molecular flexibility index (Phi) is 1.91.